The van der Waals surface area contributed by atoms with Gasteiger partial charge in [-0.05, 0) is 42.7 Å². The third-order valence-electron chi connectivity index (χ3n) is 6.02. The lowest BCUT2D eigenvalue weighted by Gasteiger charge is -2.42. The number of thiophene rings is 1. The normalized spacial score (nSPS) is 20.5. The lowest BCUT2D eigenvalue weighted by Crippen LogP contribution is -3.00. The molecule has 0 radical (unpaired) electrons. The van der Waals surface area contributed by atoms with Crippen molar-refractivity contribution in [2.75, 3.05) is 30.8 Å². The second kappa shape index (κ2) is 9.42. The standard InChI is InChI=1S/C21H25ClN4O2S.HI/c1-26(11-13-3-2-4-13)10-9-16-17(12-26)29-20(18(16)19(23)27)25-21(28)24-15-7-5-14(22)6-8-15;/h5-8,13H,2-4,9-12H2,1H3,(H3-,23,24,25,27,28);1H. The number of carbonyl (C=O) groups excluding carboxylic acids is 2. The van der Waals surface area contributed by atoms with E-state index in [1.165, 1.54) is 37.1 Å². The number of nitrogens with two attached hydrogens (primary N) is 1. The van der Waals surface area contributed by atoms with E-state index in [0.29, 0.717) is 21.3 Å². The third kappa shape index (κ3) is 5.09. The summed E-state index contributed by atoms with van der Waals surface area (Å²) >= 11 is 7.36. The molecule has 162 valence electrons. The molecular weight excluding hydrogens is 535 g/mol. The van der Waals surface area contributed by atoms with Gasteiger partial charge in [-0.3, -0.25) is 10.1 Å². The molecule has 2 aliphatic rings. The molecule has 1 aromatic heterocycles. The van der Waals surface area contributed by atoms with Gasteiger partial charge in [0, 0.05) is 23.0 Å². The zero-order chi connectivity index (χ0) is 20.6. The molecule has 3 amide bonds. The Hall–Kier alpha value is -1.36. The summed E-state index contributed by atoms with van der Waals surface area (Å²) in [5, 5.41) is 6.73. The van der Waals surface area contributed by atoms with Gasteiger partial charge in [0.1, 0.15) is 11.5 Å². The molecule has 30 heavy (non-hydrogen) atoms. The van der Waals surface area contributed by atoms with Crippen LogP contribution in [-0.4, -0.2) is 36.6 Å². The van der Waals surface area contributed by atoms with Crippen molar-refractivity contribution in [3.05, 3.63) is 45.3 Å². The number of primary amides is 1. The van der Waals surface area contributed by atoms with Gasteiger partial charge >= 0.3 is 6.03 Å². The number of carbonyl (C=O) groups is 2. The van der Waals surface area contributed by atoms with Gasteiger partial charge in [0.2, 0.25) is 0 Å². The van der Waals surface area contributed by atoms with Crippen LogP contribution >= 0.6 is 22.9 Å². The van der Waals surface area contributed by atoms with Gasteiger partial charge in [-0.15, -0.1) is 11.3 Å². The minimum Gasteiger partial charge on any atom is -1.00 e. The summed E-state index contributed by atoms with van der Waals surface area (Å²) in [5.74, 6) is 0.333. The number of nitrogens with one attached hydrogen (secondary N) is 2. The number of rotatable bonds is 5. The average molecular weight is 561 g/mol. The highest BCUT2D eigenvalue weighted by atomic mass is 127. The van der Waals surface area contributed by atoms with Crippen molar-refractivity contribution in [3.8, 4) is 0 Å². The van der Waals surface area contributed by atoms with E-state index in [4.69, 9.17) is 17.3 Å². The van der Waals surface area contributed by atoms with Crippen molar-refractivity contribution in [3.63, 3.8) is 0 Å². The van der Waals surface area contributed by atoms with E-state index in [1.54, 1.807) is 24.3 Å². The smallest absolute Gasteiger partial charge is 0.324 e. The second-order valence-electron chi connectivity index (χ2n) is 8.39. The minimum absolute atomic E-state index is 0. The molecule has 0 bridgehead atoms. The van der Waals surface area contributed by atoms with Gasteiger partial charge in [-0.2, -0.15) is 0 Å². The molecule has 1 atom stereocenters. The summed E-state index contributed by atoms with van der Waals surface area (Å²) in [6, 6.07) is 6.45. The number of fused-ring (bicyclic) bond motifs is 1. The number of likely N-dealkylation sites (N-methyl/N-ethyl adjacent to an activating group) is 1. The summed E-state index contributed by atoms with van der Waals surface area (Å²) in [5.41, 5.74) is 7.78. The molecule has 0 spiro atoms. The molecule has 0 saturated heterocycles. The SMILES string of the molecule is C[N+]1(CC2CCC2)CCc2c(sc(NC(=O)Nc3ccc(Cl)cc3)c2C(N)=O)C1.[I-]. The molecule has 6 nitrogen and oxygen atoms in total. The number of halogens is 2. The van der Waals surface area contributed by atoms with Crippen LogP contribution in [0.5, 0.6) is 0 Å². The van der Waals surface area contributed by atoms with Crippen LogP contribution in [0.25, 0.3) is 0 Å². The van der Waals surface area contributed by atoms with E-state index in [-0.39, 0.29) is 24.0 Å². The van der Waals surface area contributed by atoms with Crippen LogP contribution in [0.1, 0.15) is 40.1 Å². The Balaban J connectivity index is 0.00000256. The van der Waals surface area contributed by atoms with Crippen LogP contribution in [0.15, 0.2) is 24.3 Å². The van der Waals surface area contributed by atoms with Crippen LogP contribution in [0.2, 0.25) is 5.02 Å². The van der Waals surface area contributed by atoms with Crippen LogP contribution in [0, 0.1) is 5.92 Å². The highest BCUT2D eigenvalue weighted by molar-refractivity contribution is 7.17. The van der Waals surface area contributed by atoms with E-state index in [9.17, 15) is 9.59 Å². The molecule has 4 rings (SSSR count). The number of nitrogens with zero attached hydrogens (tertiary/aromatic N) is 1. The predicted octanol–water partition coefficient (Wildman–Crippen LogP) is 1.45. The van der Waals surface area contributed by atoms with Crippen LogP contribution in [0.3, 0.4) is 0 Å². The largest absolute Gasteiger partial charge is 1.00 e. The Morgan fingerprint density at radius 3 is 2.53 bits per heavy atom. The maximum atomic E-state index is 12.5. The molecule has 1 saturated carbocycles. The summed E-state index contributed by atoms with van der Waals surface area (Å²) in [6.45, 7) is 3.07. The number of urea groups is 1. The summed E-state index contributed by atoms with van der Waals surface area (Å²) < 4.78 is 0.993. The van der Waals surface area contributed by atoms with Gasteiger partial charge < -0.3 is 39.5 Å². The van der Waals surface area contributed by atoms with Crippen LogP contribution in [0.4, 0.5) is 15.5 Å². The number of hydrogen-bond donors (Lipinski definition) is 3. The van der Waals surface area contributed by atoms with Crippen molar-refractivity contribution < 1.29 is 38.0 Å². The van der Waals surface area contributed by atoms with Crippen LogP contribution < -0.4 is 40.3 Å². The topological polar surface area (TPSA) is 84.2 Å². The monoisotopic (exact) mass is 560 g/mol. The van der Waals surface area contributed by atoms with Crippen molar-refractivity contribution in [2.24, 2.45) is 11.7 Å². The van der Waals surface area contributed by atoms with Crippen LogP contribution in [-0.2, 0) is 13.0 Å². The molecule has 1 unspecified atom stereocenters. The first-order valence-electron chi connectivity index (χ1n) is 9.94. The fourth-order valence-corrected chi connectivity index (χ4v) is 5.86. The number of amides is 3. The van der Waals surface area contributed by atoms with Crippen molar-refractivity contribution in [1.29, 1.82) is 0 Å². The zero-order valence-electron chi connectivity index (χ0n) is 16.8. The quantitative estimate of drug-likeness (QED) is 0.382. The van der Waals surface area contributed by atoms with E-state index < -0.39 is 11.9 Å². The number of anilines is 2. The molecule has 2 aromatic rings. The Labute approximate surface area is 202 Å². The molecule has 4 N–H and O–H groups in total. The lowest BCUT2D eigenvalue weighted by molar-refractivity contribution is -0.927. The molecular formula is C21H26ClIN4O2S. The van der Waals surface area contributed by atoms with Crippen molar-refractivity contribution in [2.45, 2.75) is 32.2 Å². The molecule has 9 heteroatoms. The maximum Gasteiger partial charge on any atom is 0.324 e. The highest BCUT2D eigenvalue weighted by Crippen LogP contribution is 2.40. The molecule has 2 heterocycles. The second-order valence-corrected chi connectivity index (χ2v) is 9.93. The first-order valence-corrected chi connectivity index (χ1v) is 11.1. The zero-order valence-corrected chi connectivity index (χ0v) is 20.6. The van der Waals surface area contributed by atoms with Crippen molar-refractivity contribution in [1.82, 2.24) is 0 Å². The van der Waals surface area contributed by atoms with Crippen molar-refractivity contribution >= 4 is 45.6 Å². The Kier molecular flexibility index (Phi) is 7.32. The first-order chi connectivity index (χ1) is 13.8. The van der Waals surface area contributed by atoms with Gasteiger partial charge in [0.15, 0.2) is 0 Å². The third-order valence-corrected chi connectivity index (χ3v) is 7.40. The predicted molar refractivity (Wildman–Crippen MR) is 118 cm³/mol. The maximum absolute atomic E-state index is 12.5. The van der Waals surface area contributed by atoms with Gasteiger partial charge in [0.25, 0.3) is 5.91 Å². The van der Waals surface area contributed by atoms with E-state index >= 15 is 0 Å². The molecule has 1 aliphatic carbocycles. The average Bonchev–Trinajstić information content (AvgIpc) is 2.97. The Morgan fingerprint density at radius 2 is 1.93 bits per heavy atom. The van der Waals surface area contributed by atoms with Gasteiger partial charge in [0.05, 0.1) is 30.6 Å². The lowest BCUT2D eigenvalue weighted by atomic mass is 9.84. The number of benzene rings is 1. The Morgan fingerprint density at radius 1 is 1.23 bits per heavy atom. The van der Waals surface area contributed by atoms with E-state index in [1.807, 2.05) is 0 Å². The van der Waals surface area contributed by atoms with E-state index in [0.717, 1.165) is 40.4 Å². The number of hydrogen-bond acceptors (Lipinski definition) is 3. The van der Waals surface area contributed by atoms with Gasteiger partial charge in [-0.1, -0.05) is 18.0 Å². The molecule has 1 aliphatic heterocycles. The summed E-state index contributed by atoms with van der Waals surface area (Å²) in [4.78, 5) is 25.8. The first kappa shape index (κ1) is 23.3. The minimum atomic E-state index is -0.487. The molecule has 1 aromatic carbocycles. The fourth-order valence-electron chi connectivity index (χ4n) is 4.31. The number of quaternary nitrogens is 1. The molecule has 1 fully saturated rings. The van der Waals surface area contributed by atoms with E-state index in [2.05, 4.69) is 17.7 Å². The fraction of sp³-hybridized carbons (Fsp3) is 0.429. The Bertz CT molecular complexity index is 945. The van der Waals surface area contributed by atoms with Gasteiger partial charge in [-0.25, -0.2) is 4.79 Å². The summed E-state index contributed by atoms with van der Waals surface area (Å²) in [7, 11) is 2.30. The summed E-state index contributed by atoms with van der Waals surface area (Å²) in [6.07, 6.45) is 4.82. The highest BCUT2D eigenvalue weighted by Gasteiger charge is 2.37.